The van der Waals surface area contributed by atoms with Crippen LogP contribution in [0, 0.1) is 0 Å². The lowest BCUT2D eigenvalue weighted by Crippen LogP contribution is -2.31. The molecule has 0 fully saturated rings. The number of thiophene rings is 1. The van der Waals surface area contributed by atoms with Gasteiger partial charge in [-0.15, -0.1) is 11.3 Å². The molecule has 1 heterocycles. The summed E-state index contributed by atoms with van der Waals surface area (Å²) in [5, 5.41) is 13.3. The summed E-state index contributed by atoms with van der Waals surface area (Å²) in [7, 11) is 0. The zero-order valence-corrected chi connectivity index (χ0v) is 11.1. The first kappa shape index (κ1) is 14.4. The first-order chi connectivity index (χ1) is 8.58. The Labute approximate surface area is 110 Å². The summed E-state index contributed by atoms with van der Waals surface area (Å²) in [6, 6.07) is 3.85. The van der Waals surface area contributed by atoms with Crippen molar-refractivity contribution in [3.8, 4) is 0 Å². The molecule has 0 radical (unpaired) electrons. The van der Waals surface area contributed by atoms with Crippen molar-refractivity contribution >= 4 is 29.3 Å². The normalized spacial score (nSPS) is 12.5. The van der Waals surface area contributed by atoms with Gasteiger partial charge in [0.15, 0.2) is 0 Å². The highest BCUT2D eigenvalue weighted by atomic mass is 32.1. The van der Waals surface area contributed by atoms with E-state index in [1.54, 1.807) is 17.4 Å². The largest absolute Gasteiger partial charge is 0.481 e. The van der Waals surface area contributed by atoms with Crippen LogP contribution >= 0.6 is 11.3 Å². The summed E-state index contributed by atoms with van der Waals surface area (Å²) in [6.07, 6.45) is 4.66. The molecule has 0 aromatic carbocycles. The minimum absolute atomic E-state index is 0.00941. The van der Waals surface area contributed by atoms with Crippen LogP contribution in [0.5, 0.6) is 0 Å². The number of amides is 1. The molecule has 2 N–H and O–H groups in total. The molecule has 1 rings (SSSR count). The lowest BCUT2D eigenvalue weighted by molar-refractivity contribution is -0.137. The summed E-state index contributed by atoms with van der Waals surface area (Å²) >= 11 is 1.57. The maximum absolute atomic E-state index is 11.5. The van der Waals surface area contributed by atoms with Gasteiger partial charge in [-0.25, -0.2) is 0 Å². The van der Waals surface area contributed by atoms with Crippen LogP contribution in [0.25, 0.3) is 6.08 Å². The van der Waals surface area contributed by atoms with E-state index in [2.05, 4.69) is 5.32 Å². The molecule has 1 atom stereocenters. The molecule has 0 aliphatic rings. The number of carbonyl (C=O) groups is 2. The van der Waals surface area contributed by atoms with Gasteiger partial charge in [-0.05, 0) is 37.3 Å². The average Bonchev–Trinajstić information content (AvgIpc) is 2.78. The number of nitrogens with one attached hydrogen (secondary N) is 1. The third kappa shape index (κ3) is 6.20. The van der Waals surface area contributed by atoms with Crippen LogP contribution in [-0.2, 0) is 9.59 Å². The van der Waals surface area contributed by atoms with Gasteiger partial charge in [0.2, 0.25) is 5.91 Å². The first-order valence-corrected chi connectivity index (χ1v) is 6.70. The Hall–Kier alpha value is -1.62. The highest BCUT2D eigenvalue weighted by molar-refractivity contribution is 7.10. The molecule has 5 heteroatoms. The van der Waals surface area contributed by atoms with E-state index in [9.17, 15) is 9.59 Å². The van der Waals surface area contributed by atoms with Crippen LogP contribution in [0.3, 0.4) is 0 Å². The summed E-state index contributed by atoms with van der Waals surface area (Å²) < 4.78 is 0. The summed E-state index contributed by atoms with van der Waals surface area (Å²) in [4.78, 5) is 22.9. The van der Waals surface area contributed by atoms with Gasteiger partial charge in [0, 0.05) is 23.4 Å². The van der Waals surface area contributed by atoms with Gasteiger partial charge in [0.05, 0.1) is 0 Å². The van der Waals surface area contributed by atoms with E-state index < -0.39 is 5.97 Å². The van der Waals surface area contributed by atoms with Crippen molar-refractivity contribution in [3.05, 3.63) is 28.5 Å². The van der Waals surface area contributed by atoms with Crippen molar-refractivity contribution in [2.75, 3.05) is 0 Å². The number of aliphatic carboxylic acids is 1. The van der Waals surface area contributed by atoms with Crippen LogP contribution in [0.2, 0.25) is 0 Å². The molecule has 1 unspecified atom stereocenters. The number of rotatable bonds is 7. The Balaban J connectivity index is 2.25. The molecule has 1 amide bonds. The standard InChI is InChI=1S/C13H17NO3S/c1-10(4-2-6-13(16)17)14-12(15)8-7-11-5-3-9-18-11/h3,5,7-10H,2,4,6H2,1H3,(H,14,15)(H,16,17)/b8-7+. The Kier molecular flexibility index (Phi) is 6.14. The molecule has 0 aliphatic carbocycles. The summed E-state index contributed by atoms with van der Waals surface area (Å²) in [5.41, 5.74) is 0. The molecule has 0 spiro atoms. The number of carbonyl (C=O) groups excluding carboxylic acids is 1. The van der Waals surface area contributed by atoms with Crippen molar-refractivity contribution in [1.29, 1.82) is 0 Å². The SMILES string of the molecule is CC(CCCC(=O)O)NC(=O)/C=C/c1cccs1. The first-order valence-electron chi connectivity index (χ1n) is 5.82. The van der Waals surface area contributed by atoms with E-state index in [0.717, 1.165) is 4.88 Å². The second-order valence-corrected chi connectivity index (χ2v) is 5.02. The van der Waals surface area contributed by atoms with Crippen LogP contribution < -0.4 is 5.32 Å². The van der Waals surface area contributed by atoms with Crippen molar-refractivity contribution < 1.29 is 14.7 Å². The van der Waals surface area contributed by atoms with Crippen molar-refractivity contribution in [2.45, 2.75) is 32.2 Å². The second kappa shape index (κ2) is 7.66. The highest BCUT2D eigenvalue weighted by Crippen LogP contribution is 2.10. The van der Waals surface area contributed by atoms with Crippen molar-refractivity contribution in [3.63, 3.8) is 0 Å². The number of carboxylic acids is 1. The fourth-order valence-corrected chi connectivity index (χ4v) is 2.08. The Morgan fingerprint density at radius 2 is 2.33 bits per heavy atom. The molecule has 1 aromatic heterocycles. The fraction of sp³-hybridized carbons (Fsp3) is 0.385. The van der Waals surface area contributed by atoms with Gasteiger partial charge in [-0.2, -0.15) is 0 Å². The Morgan fingerprint density at radius 1 is 1.56 bits per heavy atom. The zero-order chi connectivity index (χ0) is 13.4. The molecule has 98 valence electrons. The molecule has 18 heavy (non-hydrogen) atoms. The van der Waals surface area contributed by atoms with Gasteiger partial charge < -0.3 is 10.4 Å². The van der Waals surface area contributed by atoms with Crippen molar-refractivity contribution in [1.82, 2.24) is 5.32 Å². The fourth-order valence-electron chi connectivity index (χ4n) is 1.47. The monoisotopic (exact) mass is 267 g/mol. The van der Waals surface area contributed by atoms with Crippen molar-refractivity contribution in [2.24, 2.45) is 0 Å². The topological polar surface area (TPSA) is 66.4 Å². The second-order valence-electron chi connectivity index (χ2n) is 4.04. The predicted octanol–water partition coefficient (Wildman–Crippen LogP) is 2.52. The molecule has 4 nitrogen and oxygen atoms in total. The highest BCUT2D eigenvalue weighted by Gasteiger charge is 2.05. The number of hydrogen-bond acceptors (Lipinski definition) is 3. The molecule has 0 saturated carbocycles. The number of carboxylic acid groups (broad SMARTS) is 1. The smallest absolute Gasteiger partial charge is 0.303 e. The van der Waals surface area contributed by atoms with Gasteiger partial charge in [-0.1, -0.05) is 6.07 Å². The van der Waals surface area contributed by atoms with Crippen LogP contribution in [0.1, 0.15) is 31.1 Å². The molecular weight excluding hydrogens is 250 g/mol. The lowest BCUT2D eigenvalue weighted by atomic mass is 10.1. The number of hydrogen-bond donors (Lipinski definition) is 2. The minimum Gasteiger partial charge on any atom is -0.481 e. The molecule has 0 bridgehead atoms. The van der Waals surface area contributed by atoms with Gasteiger partial charge in [-0.3, -0.25) is 9.59 Å². The molecular formula is C13H17NO3S. The Morgan fingerprint density at radius 3 is 2.94 bits per heavy atom. The van der Waals surface area contributed by atoms with Gasteiger partial charge in [0.1, 0.15) is 0 Å². The van der Waals surface area contributed by atoms with E-state index in [0.29, 0.717) is 12.8 Å². The van der Waals surface area contributed by atoms with E-state index in [1.807, 2.05) is 24.4 Å². The molecule has 0 saturated heterocycles. The van der Waals surface area contributed by atoms with Gasteiger partial charge >= 0.3 is 5.97 Å². The maximum atomic E-state index is 11.5. The van der Waals surface area contributed by atoms with E-state index in [4.69, 9.17) is 5.11 Å². The zero-order valence-electron chi connectivity index (χ0n) is 10.3. The minimum atomic E-state index is -0.800. The van der Waals surface area contributed by atoms with E-state index in [-0.39, 0.29) is 18.4 Å². The van der Waals surface area contributed by atoms with Crippen LogP contribution in [-0.4, -0.2) is 23.0 Å². The third-order valence-corrected chi connectivity index (χ3v) is 3.20. The van der Waals surface area contributed by atoms with E-state index >= 15 is 0 Å². The van der Waals surface area contributed by atoms with Gasteiger partial charge in [0.25, 0.3) is 0 Å². The quantitative estimate of drug-likeness (QED) is 0.746. The lowest BCUT2D eigenvalue weighted by Gasteiger charge is -2.11. The van der Waals surface area contributed by atoms with Crippen LogP contribution in [0.15, 0.2) is 23.6 Å². The molecule has 1 aromatic rings. The molecule has 0 aliphatic heterocycles. The summed E-state index contributed by atoms with van der Waals surface area (Å²) in [6.45, 7) is 1.87. The van der Waals surface area contributed by atoms with E-state index in [1.165, 1.54) is 6.08 Å². The Bertz CT molecular complexity index is 412. The average molecular weight is 267 g/mol. The maximum Gasteiger partial charge on any atom is 0.303 e. The summed E-state index contributed by atoms with van der Waals surface area (Å²) in [5.74, 6) is -0.947. The predicted molar refractivity (Wildman–Crippen MR) is 72.4 cm³/mol. The van der Waals surface area contributed by atoms with Crippen LogP contribution in [0.4, 0.5) is 0 Å². The third-order valence-electron chi connectivity index (χ3n) is 2.36.